The normalized spacial score (nSPS) is 19.9. The van der Waals surface area contributed by atoms with Gasteiger partial charge in [0.25, 0.3) is 0 Å². The highest BCUT2D eigenvalue weighted by Crippen LogP contribution is 2.08. The molecule has 2 amide bonds. The summed E-state index contributed by atoms with van der Waals surface area (Å²) in [6.07, 6.45) is 8.18. The van der Waals surface area contributed by atoms with E-state index >= 15 is 0 Å². The molecule has 0 aliphatic carbocycles. The van der Waals surface area contributed by atoms with E-state index in [0.29, 0.717) is 0 Å². The van der Waals surface area contributed by atoms with E-state index in [1.54, 1.807) is 13.1 Å². The van der Waals surface area contributed by atoms with E-state index in [1.807, 2.05) is 11.0 Å². The van der Waals surface area contributed by atoms with Crippen molar-refractivity contribution < 1.29 is 9.59 Å². The number of likely N-dealkylation sites (N-methyl/N-ethyl adjacent to an activating group) is 1. The van der Waals surface area contributed by atoms with Crippen molar-refractivity contribution in [2.45, 2.75) is 25.7 Å². The molecule has 2 saturated heterocycles. The lowest BCUT2D eigenvalue weighted by Crippen LogP contribution is -2.39. The molecule has 2 heterocycles. The lowest BCUT2D eigenvalue weighted by Gasteiger charge is -2.20. The van der Waals surface area contributed by atoms with E-state index in [2.05, 4.69) is 4.90 Å². The predicted molar refractivity (Wildman–Crippen MR) is 78.3 cm³/mol. The van der Waals surface area contributed by atoms with Gasteiger partial charge in [-0.05, 0) is 38.8 Å². The van der Waals surface area contributed by atoms with Crippen LogP contribution < -0.4 is 0 Å². The number of hydrogen-bond acceptors (Lipinski definition) is 3. The molecule has 0 radical (unpaired) electrons. The summed E-state index contributed by atoms with van der Waals surface area (Å²) in [5.41, 5.74) is 0. The monoisotopic (exact) mass is 279 g/mol. The Labute approximate surface area is 121 Å². The molecule has 0 aromatic heterocycles. The maximum absolute atomic E-state index is 11.9. The molecule has 0 N–H and O–H groups in total. The zero-order valence-corrected chi connectivity index (χ0v) is 12.4. The van der Waals surface area contributed by atoms with Gasteiger partial charge in [-0.1, -0.05) is 6.08 Å². The summed E-state index contributed by atoms with van der Waals surface area (Å²) in [6.45, 7) is 4.95. The van der Waals surface area contributed by atoms with Crippen molar-refractivity contribution in [3.8, 4) is 0 Å². The highest BCUT2D eigenvalue weighted by Gasteiger charge is 2.20. The summed E-state index contributed by atoms with van der Waals surface area (Å²) < 4.78 is 0. The van der Waals surface area contributed by atoms with Crippen LogP contribution in [0.3, 0.4) is 0 Å². The summed E-state index contributed by atoms with van der Waals surface area (Å²) in [6, 6.07) is 0. The molecule has 2 aliphatic heterocycles. The Balaban J connectivity index is 1.70. The molecule has 0 saturated carbocycles. The molecule has 112 valence electrons. The van der Waals surface area contributed by atoms with Crippen LogP contribution in [-0.2, 0) is 9.59 Å². The Morgan fingerprint density at radius 3 is 2.30 bits per heavy atom. The first-order chi connectivity index (χ1) is 9.66. The third-order valence-corrected chi connectivity index (χ3v) is 4.03. The van der Waals surface area contributed by atoms with Gasteiger partial charge < -0.3 is 9.80 Å². The van der Waals surface area contributed by atoms with E-state index in [-0.39, 0.29) is 18.4 Å². The standard InChI is InChI=1S/C15H25N3O2/c1-16(13-15(20)18-11-4-5-12-18)14(19)7-6-10-17-8-2-3-9-17/h6-7H,2-5,8-13H2,1H3/b7-6+. The number of nitrogens with zero attached hydrogens (tertiary/aromatic N) is 3. The van der Waals surface area contributed by atoms with Gasteiger partial charge in [0.15, 0.2) is 0 Å². The van der Waals surface area contributed by atoms with Crippen LogP contribution in [-0.4, -0.2) is 72.8 Å². The van der Waals surface area contributed by atoms with Crippen LogP contribution in [0.15, 0.2) is 12.2 Å². The number of likely N-dealkylation sites (tertiary alicyclic amines) is 2. The zero-order valence-electron chi connectivity index (χ0n) is 12.4. The maximum Gasteiger partial charge on any atom is 0.246 e. The van der Waals surface area contributed by atoms with Crippen LogP contribution in [0.4, 0.5) is 0 Å². The average molecular weight is 279 g/mol. The zero-order chi connectivity index (χ0) is 14.4. The summed E-state index contributed by atoms with van der Waals surface area (Å²) in [7, 11) is 1.69. The topological polar surface area (TPSA) is 43.9 Å². The minimum atomic E-state index is -0.0863. The molecule has 0 spiro atoms. The lowest BCUT2D eigenvalue weighted by molar-refractivity contribution is -0.136. The molecule has 5 nitrogen and oxygen atoms in total. The van der Waals surface area contributed by atoms with Crippen molar-refractivity contribution >= 4 is 11.8 Å². The summed E-state index contributed by atoms with van der Waals surface area (Å²) in [5, 5.41) is 0. The molecule has 0 unspecified atom stereocenters. The first-order valence-corrected chi connectivity index (χ1v) is 7.58. The van der Waals surface area contributed by atoms with Crippen molar-refractivity contribution in [3.63, 3.8) is 0 Å². The van der Waals surface area contributed by atoms with E-state index < -0.39 is 0 Å². The molecule has 5 heteroatoms. The molecular weight excluding hydrogens is 254 g/mol. The molecule has 20 heavy (non-hydrogen) atoms. The van der Waals surface area contributed by atoms with Gasteiger partial charge in [0.05, 0.1) is 6.54 Å². The second-order valence-electron chi connectivity index (χ2n) is 5.69. The maximum atomic E-state index is 11.9. The predicted octanol–water partition coefficient (Wildman–Crippen LogP) is 0.719. The van der Waals surface area contributed by atoms with Gasteiger partial charge in [-0.3, -0.25) is 14.5 Å². The molecule has 2 aliphatic rings. The minimum Gasteiger partial charge on any atom is -0.341 e. The van der Waals surface area contributed by atoms with E-state index in [9.17, 15) is 9.59 Å². The second kappa shape index (κ2) is 7.43. The SMILES string of the molecule is CN(CC(=O)N1CCCC1)C(=O)/C=C/CN1CCCC1. The fourth-order valence-electron chi connectivity index (χ4n) is 2.74. The third kappa shape index (κ3) is 4.34. The van der Waals surface area contributed by atoms with Crippen LogP contribution in [0.2, 0.25) is 0 Å². The van der Waals surface area contributed by atoms with Gasteiger partial charge in [0.2, 0.25) is 11.8 Å². The smallest absolute Gasteiger partial charge is 0.246 e. The summed E-state index contributed by atoms with van der Waals surface area (Å²) in [4.78, 5) is 29.5. The molecule has 0 atom stereocenters. The van der Waals surface area contributed by atoms with E-state index in [1.165, 1.54) is 17.7 Å². The van der Waals surface area contributed by atoms with Gasteiger partial charge in [-0.25, -0.2) is 0 Å². The number of amides is 2. The van der Waals surface area contributed by atoms with Crippen molar-refractivity contribution in [1.82, 2.24) is 14.7 Å². The Morgan fingerprint density at radius 1 is 1.05 bits per heavy atom. The van der Waals surface area contributed by atoms with Crippen molar-refractivity contribution in [2.75, 3.05) is 46.3 Å². The molecular formula is C15H25N3O2. The molecule has 0 aromatic carbocycles. The molecule has 2 fully saturated rings. The summed E-state index contributed by atoms with van der Waals surface area (Å²) >= 11 is 0. The van der Waals surface area contributed by atoms with Crippen LogP contribution >= 0.6 is 0 Å². The Bertz CT molecular complexity index is 369. The van der Waals surface area contributed by atoms with Gasteiger partial charge in [-0.2, -0.15) is 0 Å². The molecule has 0 aromatic rings. The van der Waals surface area contributed by atoms with Gasteiger partial charge >= 0.3 is 0 Å². The lowest BCUT2D eigenvalue weighted by atomic mass is 10.4. The second-order valence-corrected chi connectivity index (χ2v) is 5.69. The highest BCUT2D eigenvalue weighted by molar-refractivity contribution is 5.91. The Hall–Kier alpha value is -1.36. The van der Waals surface area contributed by atoms with Gasteiger partial charge in [0, 0.05) is 32.8 Å². The Kier molecular flexibility index (Phi) is 5.59. The first kappa shape index (κ1) is 15.0. The number of hydrogen-bond donors (Lipinski definition) is 0. The van der Waals surface area contributed by atoms with Gasteiger partial charge in [0.1, 0.15) is 0 Å². The quantitative estimate of drug-likeness (QED) is 0.697. The highest BCUT2D eigenvalue weighted by atomic mass is 16.2. The van der Waals surface area contributed by atoms with Crippen LogP contribution in [0.25, 0.3) is 0 Å². The van der Waals surface area contributed by atoms with E-state index in [4.69, 9.17) is 0 Å². The third-order valence-electron chi connectivity index (χ3n) is 4.03. The fraction of sp³-hybridized carbons (Fsp3) is 0.733. The minimum absolute atomic E-state index is 0.0614. The van der Waals surface area contributed by atoms with Crippen LogP contribution in [0, 0.1) is 0 Å². The fourth-order valence-corrected chi connectivity index (χ4v) is 2.74. The molecule has 2 rings (SSSR count). The van der Waals surface area contributed by atoms with Crippen molar-refractivity contribution in [1.29, 1.82) is 0 Å². The van der Waals surface area contributed by atoms with Crippen LogP contribution in [0.5, 0.6) is 0 Å². The number of rotatable bonds is 5. The number of carbonyl (C=O) groups is 2. The largest absolute Gasteiger partial charge is 0.341 e. The molecule has 0 bridgehead atoms. The van der Waals surface area contributed by atoms with E-state index in [0.717, 1.165) is 45.6 Å². The summed E-state index contributed by atoms with van der Waals surface area (Å²) in [5.74, 6) is -0.0250. The Morgan fingerprint density at radius 2 is 1.65 bits per heavy atom. The van der Waals surface area contributed by atoms with Crippen molar-refractivity contribution in [2.24, 2.45) is 0 Å². The van der Waals surface area contributed by atoms with Crippen molar-refractivity contribution in [3.05, 3.63) is 12.2 Å². The van der Waals surface area contributed by atoms with Crippen LogP contribution in [0.1, 0.15) is 25.7 Å². The number of carbonyl (C=O) groups excluding carboxylic acids is 2. The first-order valence-electron chi connectivity index (χ1n) is 7.58. The average Bonchev–Trinajstić information content (AvgIpc) is 3.11. The van der Waals surface area contributed by atoms with Gasteiger partial charge in [-0.15, -0.1) is 0 Å².